The number of aliphatic hydroxyl groups is 1. The number of primary amides is 2. The molecule has 0 spiro atoms. The van der Waals surface area contributed by atoms with Crippen LogP contribution in [-0.4, -0.2) is 17.5 Å². The van der Waals surface area contributed by atoms with E-state index in [0.29, 0.717) is 0 Å². The van der Waals surface area contributed by atoms with Crippen LogP contribution in [0.1, 0.15) is 0 Å². The van der Waals surface area contributed by atoms with Gasteiger partial charge in [0.15, 0.2) is 0 Å². The molecule has 0 saturated carbocycles. The highest BCUT2D eigenvalue weighted by Crippen LogP contribution is 1.63. The molecule has 0 saturated heterocycles. The highest BCUT2D eigenvalue weighted by Gasteiger charge is 1.60. The molecule has 0 heterocycles. The fourth-order valence-corrected chi connectivity index (χ4v) is 0. The number of hydrogen-bond donors (Lipinski definition) is 3. The summed E-state index contributed by atoms with van der Waals surface area (Å²) in [5.41, 5.74) is 8.50. The van der Waals surface area contributed by atoms with Gasteiger partial charge in [0.05, 0.1) is 6.35 Å². The van der Waals surface area contributed by atoms with Gasteiger partial charge in [-0.1, -0.05) is 0 Å². The van der Waals surface area contributed by atoms with Crippen LogP contribution in [0, 0.1) is 0 Å². The molecule has 2 amide bonds. The Labute approximate surface area is 44.1 Å². The van der Waals surface area contributed by atoms with Crippen molar-refractivity contribution < 1.29 is 9.90 Å². The van der Waals surface area contributed by atoms with Crippen LogP contribution < -0.4 is 11.5 Å². The minimum atomic E-state index is -0.833. The van der Waals surface area contributed by atoms with Gasteiger partial charge in [0.1, 0.15) is 0 Å². The van der Waals surface area contributed by atoms with Crippen molar-refractivity contribution in [3.8, 4) is 0 Å². The van der Waals surface area contributed by atoms with E-state index in [9.17, 15) is 0 Å². The zero-order valence-electron chi connectivity index (χ0n) is 3.79. The molecule has 44 valence electrons. The fraction of sp³-hybridized carbons (Fsp3) is 0.500. The first kappa shape index (κ1) is 9.83. The van der Waals surface area contributed by atoms with Crippen LogP contribution in [0.2, 0.25) is 0 Å². The lowest BCUT2D eigenvalue weighted by molar-refractivity contribution is 0.256. The smallest absolute Gasteiger partial charge is 0.309 e. The summed E-state index contributed by atoms with van der Waals surface area (Å²) in [6.07, 6.45) is 0.167. The van der Waals surface area contributed by atoms with E-state index in [1.807, 2.05) is 0 Å². The van der Waals surface area contributed by atoms with E-state index >= 15 is 0 Å². The largest absolute Gasteiger partial charge is 0.392 e. The molecule has 4 nitrogen and oxygen atoms in total. The Hall–Kier alpha value is -0.340. The Morgan fingerprint density at radius 3 is 1.71 bits per heavy atom. The topological polar surface area (TPSA) is 89.3 Å². The maximum atomic E-state index is 9.00. The molecule has 0 aliphatic heterocycles. The lowest BCUT2D eigenvalue weighted by Crippen LogP contribution is -2.18. The number of urea groups is 1. The Morgan fingerprint density at radius 1 is 1.71 bits per heavy atom. The molecule has 1 atom stereocenters. The van der Waals surface area contributed by atoms with Crippen molar-refractivity contribution in [2.45, 2.75) is 0 Å². The Kier molecular flexibility index (Phi) is 12.9. The van der Waals surface area contributed by atoms with E-state index in [-0.39, 0.29) is 6.35 Å². The van der Waals surface area contributed by atoms with Gasteiger partial charge in [0.2, 0.25) is 0 Å². The van der Waals surface area contributed by atoms with Crippen LogP contribution in [0.15, 0.2) is 0 Å². The molecule has 5 N–H and O–H groups in total. The van der Waals surface area contributed by atoms with Gasteiger partial charge in [-0.25, -0.2) is 4.79 Å². The Balaban J connectivity index is 0. The Bertz CT molecular complexity index is 45.0. The molecule has 0 aliphatic rings. The number of amides is 2. The maximum Gasteiger partial charge on any atom is 0.309 e. The zero-order valence-corrected chi connectivity index (χ0v) is 4.95. The molecular formula is C2H9N2O2P. The van der Waals surface area contributed by atoms with E-state index in [1.54, 1.807) is 0 Å². The first-order valence-electron chi connectivity index (χ1n) is 1.51. The lowest BCUT2D eigenvalue weighted by Gasteiger charge is -1.62. The minimum Gasteiger partial charge on any atom is -0.392 e. The SMILES string of the molecule is NC(N)=O.OCP. The maximum absolute atomic E-state index is 9.00. The summed E-state index contributed by atoms with van der Waals surface area (Å²) in [6.45, 7) is 0. The summed E-state index contributed by atoms with van der Waals surface area (Å²) >= 11 is 0. The van der Waals surface area contributed by atoms with Gasteiger partial charge < -0.3 is 16.6 Å². The predicted molar refractivity (Wildman–Crippen MR) is 30.6 cm³/mol. The molecule has 0 radical (unpaired) electrons. The molecule has 0 bridgehead atoms. The summed E-state index contributed by atoms with van der Waals surface area (Å²) in [6, 6.07) is -0.833. The van der Waals surface area contributed by atoms with E-state index < -0.39 is 6.03 Å². The van der Waals surface area contributed by atoms with Gasteiger partial charge in [-0.15, -0.1) is 9.24 Å². The molecule has 5 heteroatoms. The average molecular weight is 124 g/mol. The third kappa shape index (κ3) is 656. The first-order valence-corrected chi connectivity index (χ1v) is 2.32. The minimum absolute atomic E-state index is 0.167. The Morgan fingerprint density at radius 2 is 1.71 bits per heavy atom. The second-order valence-corrected chi connectivity index (χ2v) is 0.950. The molecule has 7 heavy (non-hydrogen) atoms. The van der Waals surface area contributed by atoms with Crippen LogP contribution in [0.25, 0.3) is 0 Å². The van der Waals surface area contributed by atoms with Crippen molar-refractivity contribution in [3.05, 3.63) is 0 Å². The number of hydrogen-bond acceptors (Lipinski definition) is 2. The molecule has 0 fully saturated rings. The highest BCUT2D eigenvalue weighted by molar-refractivity contribution is 7.16. The summed E-state index contributed by atoms with van der Waals surface area (Å²) in [5.74, 6) is 0. The van der Waals surface area contributed by atoms with Gasteiger partial charge in [-0.2, -0.15) is 0 Å². The third-order valence-electron chi connectivity index (χ3n) is 0. The number of aliphatic hydroxyl groups excluding tert-OH is 1. The van der Waals surface area contributed by atoms with E-state index in [4.69, 9.17) is 9.90 Å². The van der Waals surface area contributed by atoms with Gasteiger partial charge >= 0.3 is 6.03 Å². The second-order valence-electron chi connectivity index (χ2n) is 0.585. The van der Waals surface area contributed by atoms with Crippen molar-refractivity contribution in [2.24, 2.45) is 11.5 Å². The third-order valence-corrected chi connectivity index (χ3v) is 0. The van der Waals surface area contributed by atoms with Gasteiger partial charge in [-0.05, 0) is 0 Å². The van der Waals surface area contributed by atoms with Crippen LogP contribution in [0.3, 0.4) is 0 Å². The van der Waals surface area contributed by atoms with Crippen molar-refractivity contribution in [1.29, 1.82) is 0 Å². The quantitative estimate of drug-likeness (QED) is 0.355. The van der Waals surface area contributed by atoms with Crippen LogP contribution in [-0.2, 0) is 0 Å². The van der Waals surface area contributed by atoms with Crippen molar-refractivity contribution in [2.75, 3.05) is 6.35 Å². The van der Waals surface area contributed by atoms with Crippen LogP contribution in [0.5, 0.6) is 0 Å². The number of carbonyl (C=O) groups excluding carboxylic acids is 1. The molecule has 0 rings (SSSR count). The highest BCUT2D eigenvalue weighted by atomic mass is 31.0. The van der Waals surface area contributed by atoms with Crippen LogP contribution in [0.4, 0.5) is 4.79 Å². The van der Waals surface area contributed by atoms with Gasteiger partial charge in [0.25, 0.3) is 0 Å². The summed E-state index contributed by atoms with van der Waals surface area (Å²) in [5, 5.41) is 7.53. The first-order chi connectivity index (χ1) is 3.15. The summed E-state index contributed by atoms with van der Waals surface area (Å²) in [4.78, 5) is 9.00. The van der Waals surface area contributed by atoms with E-state index in [2.05, 4.69) is 20.7 Å². The van der Waals surface area contributed by atoms with Gasteiger partial charge in [0, 0.05) is 0 Å². The standard InChI is InChI=1S/CH4N2O.CH5OP/c2-1(3)4;2-1-3/h(H4,2,3,4);2H,1,3H2. The molecular weight excluding hydrogens is 115 g/mol. The van der Waals surface area contributed by atoms with E-state index in [1.165, 1.54) is 0 Å². The second kappa shape index (κ2) is 9.18. The molecule has 0 aromatic heterocycles. The van der Waals surface area contributed by atoms with E-state index in [0.717, 1.165) is 0 Å². The molecule has 0 aliphatic carbocycles. The van der Waals surface area contributed by atoms with Crippen LogP contribution >= 0.6 is 9.24 Å². The lowest BCUT2D eigenvalue weighted by atomic mass is 11.2. The number of carbonyl (C=O) groups is 1. The number of nitrogens with two attached hydrogens (primary N) is 2. The molecule has 0 aromatic rings. The normalized spacial score (nSPS) is 6.00. The zero-order chi connectivity index (χ0) is 6.28. The molecule has 0 aromatic carbocycles. The van der Waals surface area contributed by atoms with Crippen molar-refractivity contribution in [3.63, 3.8) is 0 Å². The van der Waals surface area contributed by atoms with Crippen molar-refractivity contribution in [1.82, 2.24) is 0 Å². The monoisotopic (exact) mass is 124 g/mol. The van der Waals surface area contributed by atoms with Crippen molar-refractivity contribution >= 4 is 15.3 Å². The predicted octanol–water partition coefficient (Wildman–Crippen LogP) is -1.16. The average Bonchev–Trinajstić information content (AvgIpc) is 1.33. The summed E-state index contributed by atoms with van der Waals surface area (Å²) < 4.78 is 0. The fourth-order valence-electron chi connectivity index (χ4n) is 0. The molecule has 1 unspecified atom stereocenters. The number of rotatable bonds is 0. The van der Waals surface area contributed by atoms with Gasteiger partial charge in [-0.3, -0.25) is 0 Å². The summed E-state index contributed by atoms with van der Waals surface area (Å²) in [7, 11) is 2.13.